The number of alkyl halides is 1. The topological polar surface area (TPSA) is 122 Å². The minimum absolute atomic E-state index is 0.0400. The van der Waals surface area contributed by atoms with E-state index in [4.69, 9.17) is 20.9 Å². The first-order chi connectivity index (χ1) is 26.8. The molecule has 3 aliphatic rings. The van der Waals surface area contributed by atoms with Crippen molar-refractivity contribution in [2.24, 2.45) is 10.8 Å². The Morgan fingerprint density at radius 1 is 1.18 bits per heavy atom. The molecule has 2 aromatic carbocycles. The molecular formula is C43H49F3N6O4. The van der Waals surface area contributed by atoms with Crippen molar-refractivity contribution >= 4 is 33.4 Å². The maximum atomic E-state index is 17.1. The van der Waals surface area contributed by atoms with Crippen LogP contribution < -0.4 is 15.4 Å². The predicted octanol–water partition coefficient (Wildman–Crippen LogP) is 7.47. The number of nitrogens with zero attached hydrogens (tertiary/aromatic N) is 4. The molecular weight excluding hydrogens is 722 g/mol. The number of anilines is 1. The molecule has 7 rings (SSSR count). The van der Waals surface area contributed by atoms with Gasteiger partial charge < -0.3 is 25.2 Å². The third-order valence-corrected chi connectivity index (χ3v) is 12.2. The van der Waals surface area contributed by atoms with Gasteiger partial charge in [0.05, 0.1) is 16.5 Å². The van der Waals surface area contributed by atoms with Gasteiger partial charge in [-0.3, -0.25) is 14.7 Å². The summed E-state index contributed by atoms with van der Waals surface area (Å²) in [4.78, 5) is 28.3. The van der Waals surface area contributed by atoms with E-state index in [1.165, 1.54) is 36.5 Å². The SMILES string of the molecule is C#Cc1c(F)ccc2cc(O)cc(-c3ncc4c(NCC5(CNC(=O)C=C)CCCC5)nc(OC[C@]5(C(C)(C)C)C[C@@H](F)CN5C5CCOCC5)nc4c3F)c12. The van der Waals surface area contributed by atoms with Crippen molar-refractivity contribution in [3.63, 3.8) is 0 Å². The van der Waals surface area contributed by atoms with E-state index in [9.17, 15) is 9.90 Å². The Balaban J connectivity index is 1.33. The molecule has 13 heteroatoms. The van der Waals surface area contributed by atoms with Crippen LogP contribution in [0.2, 0.25) is 0 Å². The third kappa shape index (κ3) is 7.37. The van der Waals surface area contributed by atoms with E-state index in [-0.39, 0.29) is 87.6 Å². The van der Waals surface area contributed by atoms with Gasteiger partial charge in [-0.25, -0.2) is 13.2 Å². The fourth-order valence-electron chi connectivity index (χ4n) is 9.05. The largest absolute Gasteiger partial charge is 0.508 e. The number of aromatic hydroxyl groups is 1. The average Bonchev–Trinajstić information content (AvgIpc) is 3.80. The number of halogens is 3. The van der Waals surface area contributed by atoms with Crippen LogP contribution in [-0.4, -0.2) is 88.1 Å². The lowest BCUT2D eigenvalue weighted by Gasteiger charge is -2.51. The number of fused-ring (bicyclic) bond motifs is 2. The number of terminal acetylenes is 1. The van der Waals surface area contributed by atoms with Crippen molar-refractivity contribution in [1.82, 2.24) is 25.2 Å². The van der Waals surface area contributed by atoms with Crippen molar-refractivity contribution in [1.29, 1.82) is 0 Å². The van der Waals surface area contributed by atoms with Crippen molar-refractivity contribution in [2.75, 3.05) is 44.8 Å². The lowest BCUT2D eigenvalue weighted by atomic mass is 9.71. The second-order valence-corrected chi connectivity index (χ2v) is 16.5. The number of ether oxygens (including phenoxy) is 2. The quantitative estimate of drug-likeness (QED) is 0.105. The maximum Gasteiger partial charge on any atom is 0.319 e. The fraction of sp³-hybridized carbons (Fsp3) is 0.488. The molecule has 2 aromatic heterocycles. The molecule has 3 fully saturated rings. The summed E-state index contributed by atoms with van der Waals surface area (Å²) in [7, 11) is 0. The van der Waals surface area contributed by atoms with Crippen LogP contribution in [0.5, 0.6) is 11.8 Å². The Labute approximate surface area is 325 Å². The van der Waals surface area contributed by atoms with E-state index in [1.54, 1.807) is 0 Å². The summed E-state index contributed by atoms with van der Waals surface area (Å²) >= 11 is 0. The normalized spacial score (nSPS) is 21.6. The Morgan fingerprint density at radius 3 is 2.62 bits per heavy atom. The molecule has 2 aliphatic heterocycles. The van der Waals surface area contributed by atoms with Crippen molar-refractivity contribution in [3.8, 4) is 35.4 Å². The van der Waals surface area contributed by atoms with Gasteiger partial charge in [0.1, 0.15) is 41.4 Å². The number of hydrogen-bond acceptors (Lipinski definition) is 9. The highest BCUT2D eigenvalue weighted by Crippen LogP contribution is 2.47. The number of benzene rings is 2. The Bertz CT molecular complexity index is 2190. The zero-order valence-electron chi connectivity index (χ0n) is 32.2. The number of likely N-dealkylation sites (tertiary alicyclic amines) is 1. The van der Waals surface area contributed by atoms with Gasteiger partial charge in [0.15, 0.2) is 5.82 Å². The first-order valence-corrected chi connectivity index (χ1v) is 19.3. The first-order valence-electron chi connectivity index (χ1n) is 19.3. The van der Waals surface area contributed by atoms with Crippen LogP contribution >= 0.6 is 0 Å². The molecule has 10 nitrogen and oxygen atoms in total. The molecule has 1 saturated carbocycles. The highest BCUT2D eigenvalue weighted by molar-refractivity contribution is 6.03. The minimum Gasteiger partial charge on any atom is -0.508 e. The molecule has 0 unspecified atom stereocenters. The fourth-order valence-corrected chi connectivity index (χ4v) is 9.05. The number of carbonyl (C=O) groups excluding carboxylic acids is 1. The number of hydrogen-bond donors (Lipinski definition) is 3. The summed E-state index contributed by atoms with van der Waals surface area (Å²) in [6.07, 6.45) is 12.8. The van der Waals surface area contributed by atoms with Crippen LogP contribution in [0.25, 0.3) is 32.9 Å². The number of phenolic OH excluding ortho intramolecular Hbond substituents is 1. The molecule has 0 bridgehead atoms. The van der Waals surface area contributed by atoms with E-state index < -0.39 is 28.8 Å². The summed E-state index contributed by atoms with van der Waals surface area (Å²) in [5.74, 6) is 0.647. The van der Waals surface area contributed by atoms with E-state index in [0.717, 1.165) is 38.5 Å². The molecule has 1 aliphatic carbocycles. The molecule has 3 N–H and O–H groups in total. The van der Waals surface area contributed by atoms with Crippen LogP contribution in [0.3, 0.4) is 0 Å². The Morgan fingerprint density at radius 2 is 1.93 bits per heavy atom. The molecule has 4 heterocycles. The van der Waals surface area contributed by atoms with Crippen LogP contribution in [-0.2, 0) is 9.53 Å². The minimum atomic E-state index is -1.07. The van der Waals surface area contributed by atoms with Crippen LogP contribution in [0.1, 0.15) is 71.3 Å². The predicted molar refractivity (Wildman–Crippen MR) is 210 cm³/mol. The third-order valence-electron chi connectivity index (χ3n) is 12.2. The zero-order valence-corrected chi connectivity index (χ0v) is 32.2. The summed E-state index contributed by atoms with van der Waals surface area (Å²) < 4.78 is 59.8. The van der Waals surface area contributed by atoms with Crippen molar-refractivity contribution in [2.45, 2.75) is 83.5 Å². The number of carbonyl (C=O) groups is 1. The molecule has 0 spiro atoms. The number of amides is 1. The molecule has 0 radical (unpaired) electrons. The van der Waals surface area contributed by atoms with Crippen LogP contribution in [0, 0.1) is 34.8 Å². The first kappa shape index (κ1) is 39.3. The van der Waals surface area contributed by atoms with E-state index >= 15 is 13.2 Å². The molecule has 1 amide bonds. The summed E-state index contributed by atoms with van der Waals surface area (Å²) in [5.41, 5.74) is -1.82. The van der Waals surface area contributed by atoms with Gasteiger partial charge in [-0.2, -0.15) is 9.97 Å². The Kier molecular flexibility index (Phi) is 10.9. The Hall–Kier alpha value is -4.93. The summed E-state index contributed by atoms with van der Waals surface area (Å²) in [5, 5.41) is 17.9. The summed E-state index contributed by atoms with van der Waals surface area (Å²) in [6.45, 7) is 12.1. The average molecular weight is 771 g/mol. The number of nitrogens with one attached hydrogen (secondary N) is 2. The van der Waals surface area contributed by atoms with Gasteiger partial charge in [0.25, 0.3) is 0 Å². The van der Waals surface area contributed by atoms with E-state index in [0.29, 0.717) is 31.7 Å². The lowest BCUT2D eigenvalue weighted by molar-refractivity contribution is -0.116. The zero-order chi connectivity index (χ0) is 39.8. The second-order valence-electron chi connectivity index (χ2n) is 16.5. The molecule has 296 valence electrons. The highest BCUT2D eigenvalue weighted by Gasteiger charge is 2.56. The van der Waals surface area contributed by atoms with E-state index in [1.807, 2.05) is 0 Å². The monoisotopic (exact) mass is 770 g/mol. The van der Waals surface area contributed by atoms with Gasteiger partial charge in [-0.15, -0.1) is 6.42 Å². The van der Waals surface area contributed by atoms with Crippen molar-refractivity contribution < 1.29 is 32.5 Å². The van der Waals surface area contributed by atoms with Gasteiger partial charge in [-0.1, -0.05) is 52.2 Å². The molecule has 2 saturated heterocycles. The highest BCUT2D eigenvalue weighted by atomic mass is 19.1. The lowest BCUT2D eigenvalue weighted by Crippen LogP contribution is -2.61. The number of rotatable bonds is 11. The maximum absolute atomic E-state index is 17.1. The molecule has 2 atom stereocenters. The smallest absolute Gasteiger partial charge is 0.319 e. The molecule has 56 heavy (non-hydrogen) atoms. The van der Waals surface area contributed by atoms with Crippen molar-refractivity contribution in [3.05, 3.63) is 60.3 Å². The van der Waals surface area contributed by atoms with Crippen LogP contribution in [0.4, 0.5) is 19.0 Å². The van der Waals surface area contributed by atoms with Gasteiger partial charge in [0.2, 0.25) is 5.91 Å². The van der Waals surface area contributed by atoms with Gasteiger partial charge >= 0.3 is 6.01 Å². The van der Waals surface area contributed by atoms with Gasteiger partial charge in [-0.05, 0) is 60.8 Å². The van der Waals surface area contributed by atoms with E-state index in [2.05, 4.69) is 58.8 Å². The number of aromatic nitrogens is 3. The van der Waals surface area contributed by atoms with Gasteiger partial charge in [0, 0.05) is 67.9 Å². The standard InChI is InChI=1S/C43H49F3N6O4/c1-6-30-33(45)11-10-26-18-29(53)19-31(35(26)30)37-36(46)38-32(21-47-37)39(49-24-42(14-8-9-15-42)23-48-34(54)7-2)51-40(50-38)56-25-43(41(3,4)5)20-27(44)22-52(43)28-12-16-55-17-13-28/h1,7,10-11,18-19,21,27-28,53H,2,8-9,12-17,20,22-25H2,3-5H3,(H,48,54)(H,49,50,51)/t27-,43+/m1/s1. The van der Waals surface area contributed by atoms with Crippen LogP contribution in [0.15, 0.2) is 43.1 Å². The summed E-state index contributed by atoms with van der Waals surface area (Å²) in [6, 6.07) is 5.36. The number of phenols is 1. The second kappa shape index (κ2) is 15.5. The molecule has 4 aromatic rings. The number of pyridine rings is 1.